The SMILES string of the molecule is c1ccc(-c2ccc(-c3nc(-c4ccccc4)nc(-c4ccc(-c5cccc6c5oc5ccc(-c7ccccc7)cc56)cc4)n3)cc2)cc1. The van der Waals surface area contributed by atoms with Crippen molar-refractivity contribution in [1.82, 2.24) is 15.0 Å². The lowest BCUT2D eigenvalue weighted by Crippen LogP contribution is -2.00. The van der Waals surface area contributed by atoms with Crippen LogP contribution in [-0.2, 0) is 0 Å². The Kier molecular flexibility index (Phi) is 7.10. The molecule has 4 nitrogen and oxygen atoms in total. The third-order valence-corrected chi connectivity index (χ3v) is 8.98. The standard InChI is InChI=1S/C45H29N3O/c1-4-11-30(12-5-1)32-19-23-35(24-20-32)44-46-43(34-15-8-3-9-16-34)47-45(48-44)36-25-21-33(22-26-36)38-17-10-18-39-40-29-37(31-13-6-2-7-14-31)27-28-41(40)49-42(38)39/h1-29H. The molecule has 7 aromatic carbocycles. The molecule has 2 heterocycles. The molecular weight excluding hydrogens is 599 g/mol. The zero-order chi connectivity index (χ0) is 32.6. The third kappa shape index (κ3) is 5.45. The first-order valence-electron chi connectivity index (χ1n) is 16.4. The van der Waals surface area contributed by atoms with Crippen LogP contribution in [-0.4, -0.2) is 15.0 Å². The van der Waals surface area contributed by atoms with E-state index < -0.39 is 0 Å². The summed E-state index contributed by atoms with van der Waals surface area (Å²) in [6, 6.07) is 60.4. The van der Waals surface area contributed by atoms with E-state index in [4.69, 9.17) is 19.4 Å². The van der Waals surface area contributed by atoms with E-state index in [0.29, 0.717) is 17.5 Å². The first-order valence-corrected chi connectivity index (χ1v) is 16.4. The number of furan rings is 1. The summed E-state index contributed by atoms with van der Waals surface area (Å²) >= 11 is 0. The van der Waals surface area contributed by atoms with E-state index in [1.807, 2.05) is 42.5 Å². The van der Waals surface area contributed by atoms with Gasteiger partial charge in [-0.25, -0.2) is 15.0 Å². The molecule has 0 unspecified atom stereocenters. The summed E-state index contributed by atoms with van der Waals surface area (Å²) in [4.78, 5) is 14.8. The average Bonchev–Trinajstić information content (AvgIpc) is 3.57. The minimum Gasteiger partial charge on any atom is -0.455 e. The molecule has 230 valence electrons. The molecule has 4 heteroatoms. The number of aromatic nitrogens is 3. The summed E-state index contributed by atoms with van der Waals surface area (Å²) < 4.78 is 6.48. The summed E-state index contributed by atoms with van der Waals surface area (Å²) in [6.07, 6.45) is 0. The van der Waals surface area contributed by atoms with Crippen molar-refractivity contribution in [3.05, 3.63) is 176 Å². The number of hydrogen-bond donors (Lipinski definition) is 0. The maximum absolute atomic E-state index is 6.48. The van der Waals surface area contributed by atoms with Crippen LogP contribution >= 0.6 is 0 Å². The van der Waals surface area contributed by atoms with Crippen molar-refractivity contribution in [2.75, 3.05) is 0 Å². The molecule has 0 saturated carbocycles. The smallest absolute Gasteiger partial charge is 0.164 e. The van der Waals surface area contributed by atoms with Crippen molar-refractivity contribution >= 4 is 21.9 Å². The normalized spacial score (nSPS) is 11.3. The van der Waals surface area contributed by atoms with Crippen LogP contribution < -0.4 is 0 Å². The Balaban J connectivity index is 1.09. The lowest BCUT2D eigenvalue weighted by atomic mass is 9.99. The van der Waals surface area contributed by atoms with Gasteiger partial charge in [-0.1, -0.05) is 164 Å². The highest BCUT2D eigenvalue weighted by Crippen LogP contribution is 2.38. The molecule has 0 aliphatic heterocycles. The summed E-state index contributed by atoms with van der Waals surface area (Å²) in [7, 11) is 0. The molecule has 2 aromatic heterocycles. The minimum absolute atomic E-state index is 0.623. The topological polar surface area (TPSA) is 51.8 Å². The van der Waals surface area contributed by atoms with Crippen molar-refractivity contribution in [3.8, 4) is 67.5 Å². The van der Waals surface area contributed by atoms with Gasteiger partial charge in [0.15, 0.2) is 17.5 Å². The molecule has 0 atom stereocenters. The molecule has 0 saturated heterocycles. The first kappa shape index (κ1) is 28.6. The number of para-hydroxylation sites is 1. The Bertz CT molecular complexity index is 2560. The van der Waals surface area contributed by atoms with Gasteiger partial charge in [-0.05, 0) is 39.9 Å². The molecule has 0 aliphatic carbocycles. The van der Waals surface area contributed by atoms with E-state index in [1.54, 1.807) is 0 Å². The fourth-order valence-corrected chi connectivity index (χ4v) is 6.43. The first-order chi connectivity index (χ1) is 24.3. The third-order valence-electron chi connectivity index (χ3n) is 8.98. The Hall–Kier alpha value is -6.65. The van der Waals surface area contributed by atoms with E-state index in [2.05, 4.69) is 133 Å². The summed E-state index contributed by atoms with van der Waals surface area (Å²) in [5.41, 5.74) is 11.3. The molecule has 9 aromatic rings. The van der Waals surface area contributed by atoms with Crippen LogP contribution in [0.2, 0.25) is 0 Å². The van der Waals surface area contributed by atoms with Gasteiger partial charge in [-0.3, -0.25) is 0 Å². The minimum atomic E-state index is 0.623. The fraction of sp³-hybridized carbons (Fsp3) is 0. The van der Waals surface area contributed by atoms with Gasteiger partial charge in [0.05, 0.1) is 0 Å². The Labute approximate surface area is 284 Å². The number of fused-ring (bicyclic) bond motifs is 3. The van der Waals surface area contributed by atoms with E-state index >= 15 is 0 Å². The molecule has 0 spiro atoms. The fourth-order valence-electron chi connectivity index (χ4n) is 6.43. The van der Waals surface area contributed by atoms with Gasteiger partial charge in [0.2, 0.25) is 0 Å². The van der Waals surface area contributed by atoms with Crippen LogP contribution in [0.5, 0.6) is 0 Å². The van der Waals surface area contributed by atoms with Crippen LogP contribution in [0.25, 0.3) is 89.5 Å². The van der Waals surface area contributed by atoms with Gasteiger partial charge in [-0.2, -0.15) is 0 Å². The number of benzene rings is 7. The van der Waals surface area contributed by atoms with Crippen molar-refractivity contribution in [2.45, 2.75) is 0 Å². The van der Waals surface area contributed by atoms with Crippen LogP contribution in [0.1, 0.15) is 0 Å². The predicted octanol–water partition coefficient (Wildman–Crippen LogP) is 11.8. The Morgan fingerprint density at radius 3 is 1.31 bits per heavy atom. The molecule has 9 rings (SSSR count). The second-order valence-electron chi connectivity index (χ2n) is 12.1. The van der Waals surface area contributed by atoms with Crippen LogP contribution in [0, 0.1) is 0 Å². The average molecular weight is 628 g/mol. The molecule has 0 N–H and O–H groups in total. The zero-order valence-corrected chi connectivity index (χ0v) is 26.5. The number of rotatable bonds is 6. The Morgan fingerprint density at radius 1 is 0.306 bits per heavy atom. The molecule has 0 radical (unpaired) electrons. The largest absolute Gasteiger partial charge is 0.455 e. The highest BCUT2D eigenvalue weighted by Gasteiger charge is 2.16. The second kappa shape index (κ2) is 12.2. The highest BCUT2D eigenvalue weighted by molar-refractivity contribution is 6.10. The lowest BCUT2D eigenvalue weighted by Gasteiger charge is -2.10. The number of hydrogen-bond acceptors (Lipinski definition) is 4. The molecule has 49 heavy (non-hydrogen) atoms. The summed E-state index contributed by atoms with van der Waals surface area (Å²) in [6.45, 7) is 0. The van der Waals surface area contributed by atoms with Gasteiger partial charge in [-0.15, -0.1) is 0 Å². The predicted molar refractivity (Wildman–Crippen MR) is 200 cm³/mol. The van der Waals surface area contributed by atoms with Gasteiger partial charge < -0.3 is 4.42 Å². The Morgan fingerprint density at radius 2 is 0.735 bits per heavy atom. The van der Waals surface area contributed by atoms with Gasteiger partial charge in [0.1, 0.15) is 11.2 Å². The zero-order valence-electron chi connectivity index (χ0n) is 26.5. The van der Waals surface area contributed by atoms with Gasteiger partial charge in [0, 0.05) is 33.0 Å². The van der Waals surface area contributed by atoms with Crippen LogP contribution in [0.15, 0.2) is 180 Å². The van der Waals surface area contributed by atoms with Gasteiger partial charge >= 0.3 is 0 Å². The van der Waals surface area contributed by atoms with Crippen molar-refractivity contribution in [2.24, 2.45) is 0 Å². The molecule has 0 amide bonds. The van der Waals surface area contributed by atoms with Gasteiger partial charge in [0.25, 0.3) is 0 Å². The van der Waals surface area contributed by atoms with E-state index in [-0.39, 0.29) is 0 Å². The maximum Gasteiger partial charge on any atom is 0.164 e. The van der Waals surface area contributed by atoms with Crippen LogP contribution in [0.4, 0.5) is 0 Å². The number of nitrogens with zero attached hydrogens (tertiary/aromatic N) is 3. The quantitative estimate of drug-likeness (QED) is 0.184. The lowest BCUT2D eigenvalue weighted by molar-refractivity contribution is 0.670. The summed E-state index contributed by atoms with van der Waals surface area (Å²) in [5.74, 6) is 1.89. The van der Waals surface area contributed by atoms with Crippen LogP contribution in [0.3, 0.4) is 0 Å². The van der Waals surface area contributed by atoms with Crippen molar-refractivity contribution in [3.63, 3.8) is 0 Å². The van der Waals surface area contributed by atoms with Crippen molar-refractivity contribution < 1.29 is 4.42 Å². The molecular formula is C45H29N3O. The van der Waals surface area contributed by atoms with E-state index in [0.717, 1.165) is 55.3 Å². The van der Waals surface area contributed by atoms with E-state index in [1.165, 1.54) is 16.7 Å². The maximum atomic E-state index is 6.48. The summed E-state index contributed by atoms with van der Waals surface area (Å²) in [5, 5.41) is 2.21. The highest BCUT2D eigenvalue weighted by atomic mass is 16.3. The molecule has 0 fully saturated rings. The molecule has 0 aliphatic rings. The monoisotopic (exact) mass is 627 g/mol. The van der Waals surface area contributed by atoms with Crippen molar-refractivity contribution in [1.29, 1.82) is 0 Å². The molecule has 0 bridgehead atoms. The second-order valence-corrected chi connectivity index (χ2v) is 12.1. The van der Waals surface area contributed by atoms with E-state index in [9.17, 15) is 0 Å².